The number of nitrogens with one attached hydrogen (secondary N) is 1. The number of anilines is 2. The molecule has 0 aliphatic heterocycles. The molecule has 0 spiro atoms. The van der Waals surface area contributed by atoms with E-state index in [2.05, 4.69) is 40.5 Å². The summed E-state index contributed by atoms with van der Waals surface area (Å²) in [5.41, 5.74) is 0.942. The highest BCUT2D eigenvalue weighted by Crippen LogP contribution is 2.30. The summed E-state index contributed by atoms with van der Waals surface area (Å²) in [5.74, 6) is 2.76. The molecule has 0 aromatic carbocycles. The second kappa shape index (κ2) is 5.92. The first-order valence-corrected chi connectivity index (χ1v) is 7.99. The summed E-state index contributed by atoms with van der Waals surface area (Å²) in [6.07, 6.45) is 11.0. The molecule has 0 radical (unpaired) electrons. The van der Waals surface area contributed by atoms with Crippen molar-refractivity contribution in [1.29, 1.82) is 0 Å². The van der Waals surface area contributed by atoms with Crippen LogP contribution in [0.15, 0.2) is 18.6 Å². The SMILES string of the molecule is CCNc1cn2ccnc2c(N(C)C2CCC(C)CC2)n1. The molecule has 5 heteroatoms. The predicted octanol–water partition coefficient (Wildman–Crippen LogP) is 3.18. The Labute approximate surface area is 126 Å². The van der Waals surface area contributed by atoms with E-state index in [1.54, 1.807) is 0 Å². The van der Waals surface area contributed by atoms with Gasteiger partial charge in [-0.3, -0.25) is 0 Å². The van der Waals surface area contributed by atoms with Crippen LogP contribution >= 0.6 is 0 Å². The summed E-state index contributed by atoms with van der Waals surface area (Å²) < 4.78 is 2.06. The summed E-state index contributed by atoms with van der Waals surface area (Å²) >= 11 is 0. The number of aromatic nitrogens is 3. The molecule has 5 nitrogen and oxygen atoms in total. The largest absolute Gasteiger partial charge is 0.369 e. The van der Waals surface area contributed by atoms with Crippen molar-refractivity contribution in [2.75, 3.05) is 23.8 Å². The fourth-order valence-corrected chi connectivity index (χ4v) is 3.22. The lowest BCUT2D eigenvalue weighted by Crippen LogP contribution is -2.35. The number of hydrogen-bond acceptors (Lipinski definition) is 4. The fraction of sp³-hybridized carbons (Fsp3) is 0.625. The summed E-state index contributed by atoms with van der Waals surface area (Å²) in [6.45, 7) is 5.32. The molecule has 0 amide bonds. The van der Waals surface area contributed by atoms with Crippen LogP contribution in [0.4, 0.5) is 11.6 Å². The van der Waals surface area contributed by atoms with Crippen LogP contribution in [0.25, 0.3) is 5.65 Å². The van der Waals surface area contributed by atoms with E-state index in [1.165, 1.54) is 25.7 Å². The molecule has 1 aliphatic carbocycles. The molecule has 21 heavy (non-hydrogen) atoms. The Morgan fingerprint density at radius 1 is 1.33 bits per heavy atom. The minimum absolute atomic E-state index is 0.575. The van der Waals surface area contributed by atoms with E-state index in [4.69, 9.17) is 4.98 Å². The van der Waals surface area contributed by atoms with Gasteiger partial charge in [0.1, 0.15) is 5.82 Å². The topological polar surface area (TPSA) is 45.5 Å². The average Bonchev–Trinajstić information content (AvgIpc) is 2.95. The van der Waals surface area contributed by atoms with Gasteiger partial charge in [-0.1, -0.05) is 6.92 Å². The van der Waals surface area contributed by atoms with E-state index in [0.29, 0.717) is 6.04 Å². The lowest BCUT2D eigenvalue weighted by atomic mass is 9.87. The number of rotatable bonds is 4. The third-order valence-electron chi connectivity index (χ3n) is 4.58. The van der Waals surface area contributed by atoms with E-state index in [0.717, 1.165) is 29.7 Å². The molecule has 0 saturated heterocycles. The lowest BCUT2D eigenvalue weighted by molar-refractivity contribution is 0.340. The van der Waals surface area contributed by atoms with Crippen molar-refractivity contribution in [3.8, 4) is 0 Å². The Morgan fingerprint density at radius 3 is 2.81 bits per heavy atom. The lowest BCUT2D eigenvalue weighted by Gasteiger charge is -2.34. The van der Waals surface area contributed by atoms with Crippen LogP contribution in [0.1, 0.15) is 39.5 Å². The van der Waals surface area contributed by atoms with Gasteiger partial charge >= 0.3 is 0 Å². The van der Waals surface area contributed by atoms with Crippen molar-refractivity contribution in [2.45, 2.75) is 45.6 Å². The average molecular weight is 287 g/mol. The van der Waals surface area contributed by atoms with Crippen molar-refractivity contribution in [3.05, 3.63) is 18.6 Å². The standard InChI is InChI=1S/C16H25N5/c1-4-17-14-11-21-10-9-18-15(21)16(19-14)20(3)13-7-5-12(2)6-8-13/h9-13,17H,4-8H2,1-3H3. The normalized spacial score (nSPS) is 22.4. The first-order valence-electron chi connectivity index (χ1n) is 7.99. The van der Waals surface area contributed by atoms with E-state index in [9.17, 15) is 0 Å². The Hall–Kier alpha value is -1.78. The van der Waals surface area contributed by atoms with Gasteiger partial charge in [-0.05, 0) is 38.5 Å². The van der Waals surface area contributed by atoms with Gasteiger partial charge in [-0.2, -0.15) is 0 Å². The smallest absolute Gasteiger partial charge is 0.180 e. The number of fused-ring (bicyclic) bond motifs is 1. The number of imidazole rings is 1. The second-order valence-electron chi connectivity index (χ2n) is 6.16. The molecule has 0 bridgehead atoms. The monoisotopic (exact) mass is 287 g/mol. The number of nitrogens with zero attached hydrogens (tertiary/aromatic N) is 4. The van der Waals surface area contributed by atoms with Crippen LogP contribution in [-0.4, -0.2) is 34.0 Å². The molecule has 2 aromatic heterocycles. The van der Waals surface area contributed by atoms with Crippen molar-refractivity contribution in [3.63, 3.8) is 0 Å². The Bertz CT molecular complexity index is 598. The minimum atomic E-state index is 0.575. The Morgan fingerprint density at radius 2 is 2.10 bits per heavy atom. The van der Waals surface area contributed by atoms with Gasteiger partial charge in [-0.25, -0.2) is 9.97 Å². The zero-order valence-electron chi connectivity index (χ0n) is 13.2. The highest BCUT2D eigenvalue weighted by Gasteiger charge is 2.24. The third-order valence-corrected chi connectivity index (χ3v) is 4.58. The van der Waals surface area contributed by atoms with Gasteiger partial charge in [0.15, 0.2) is 11.5 Å². The molecule has 3 rings (SSSR count). The van der Waals surface area contributed by atoms with E-state index in [-0.39, 0.29) is 0 Å². The maximum atomic E-state index is 4.79. The van der Waals surface area contributed by atoms with Crippen LogP contribution in [0, 0.1) is 5.92 Å². The molecular weight excluding hydrogens is 262 g/mol. The highest BCUT2D eigenvalue weighted by molar-refractivity contribution is 5.67. The van der Waals surface area contributed by atoms with Crippen LogP contribution in [0.2, 0.25) is 0 Å². The molecule has 1 aliphatic rings. The third kappa shape index (κ3) is 2.82. The molecule has 1 N–H and O–H groups in total. The van der Waals surface area contributed by atoms with Gasteiger partial charge in [0.05, 0.1) is 6.20 Å². The summed E-state index contributed by atoms with van der Waals surface area (Å²) in [5, 5.41) is 3.31. The minimum Gasteiger partial charge on any atom is -0.369 e. The summed E-state index contributed by atoms with van der Waals surface area (Å²) in [4.78, 5) is 11.6. The quantitative estimate of drug-likeness (QED) is 0.938. The Kier molecular flexibility index (Phi) is 3.99. The molecule has 1 saturated carbocycles. The maximum absolute atomic E-state index is 4.79. The molecule has 2 aromatic rings. The second-order valence-corrected chi connectivity index (χ2v) is 6.16. The van der Waals surface area contributed by atoms with E-state index >= 15 is 0 Å². The van der Waals surface area contributed by atoms with Gasteiger partial charge in [0, 0.05) is 32.0 Å². The molecular formula is C16H25N5. The highest BCUT2D eigenvalue weighted by atomic mass is 15.2. The predicted molar refractivity (Wildman–Crippen MR) is 87.0 cm³/mol. The van der Waals surface area contributed by atoms with Crippen LogP contribution in [0.3, 0.4) is 0 Å². The zero-order chi connectivity index (χ0) is 14.8. The molecule has 0 unspecified atom stereocenters. The number of hydrogen-bond donors (Lipinski definition) is 1. The molecule has 114 valence electrons. The van der Waals surface area contributed by atoms with Crippen LogP contribution in [0.5, 0.6) is 0 Å². The Balaban J connectivity index is 1.92. The van der Waals surface area contributed by atoms with Gasteiger partial charge in [0.25, 0.3) is 0 Å². The van der Waals surface area contributed by atoms with E-state index in [1.807, 2.05) is 18.6 Å². The summed E-state index contributed by atoms with van der Waals surface area (Å²) in [7, 11) is 2.16. The van der Waals surface area contributed by atoms with Crippen molar-refractivity contribution in [1.82, 2.24) is 14.4 Å². The van der Waals surface area contributed by atoms with E-state index < -0.39 is 0 Å². The maximum Gasteiger partial charge on any atom is 0.180 e. The van der Waals surface area contributed by atoms with Crippen molar-refractivity contribution >= 4 is 17.3 Å². The van der Waals surface area contributed by atoms with Gasteiger partial charge in [0.2, 0.25) is 0 Å². The molecule has 1 fully saturated rings. The molecule has 0 atom stereocenters. The van der Waals surface area contributed by atoms with Crippen LogP contribution < -0.4 is 10.2 Å². The van der Waals surface area contributed by atoms with Gasteiger partial charge in [-0.15, -0.1) is 0 Å². The summed E-state index contributed by atoms with van der Waals surface area (Å²) in [6, 6.07) is 0.575. The van der Waals surface area contributed by atoms with Crippen molar-refractivity contribution in [2.24, 2.45) is 5.92 Å². The molecule has 2 heterocycles. The zero-order valence-corrected chi connectivity index (χ0v) is 13.2. The first kappa shape index (κ1) is 14.2. The van der Waals surface area contributed by atoms with Crippen LogP contribution in [-0.2, 0) is 0 Å². The van der Waals surface area contributed by atoms with Gasteiger partial charge < -0.3 is 14.6 Å². The fourth-order valence-electron chi connectivity index (χ4n) is 3.22. The first-order chi connectivity index (χ1) is 10.2. The van der Waals surface area contributed by atoms with Crippen molar-refractivity contribution < 1.29 is 0 Å².